The number of nitrogens with zero attached hydrogens (tertiary/aromatic N) is 1. The molecule has 1 saturated heterocycles. The van der Waals surface area contributed by atoms with Crippen LogP contribution in [-0.4, -0.2) is 42.7 Å². The molecule has 1 heterocycles. The zero-order chi connectivity index (χ0) is 17.3. The maximum absolute atomic E-state index is 14.2. The van der Waals surface area contributed by atoms with Crippen molar-refractivity contribution in [3.63, 3.8) is 0 Å². The predicted molar refractivity (Wildman–Crippen MR) is 84.9 cm³/mol. The van der Waals surface area contributed by atoms with E-state index in [9.17, 15) is 18.7 Å². The van der Waals surface area contributed by atoms with Gasteiger partial charge in [-0.3, -0.25) is 4.79 Å². The van der Waals surface area contributed by atoms with Crippen molar-refractivity contribution in [2.24, 2.45) is 11.3 Å². The Labute approximate surface area is 140 Å². The maximum Gasteiger partial charge on any atom is 0.260 e. The molecule has 24 heavy (non-hydrogen) atoms. The van der Waals surface area contributed by atoms with E-state index >= 15 is 0 Å². The summed E-state index contributed by atoms with van der Waals surface area (Å²) in [7, 11) is 1.32. The van der Waals surface area contributed by atoms with Gasteiger partial charge in [0.05, 0.1) is 13.7 Å². The molecule has 0 bridgehead atoms. The van der Waals surface area contributed by atoms with Gasteiger partial charge in [0.2, 0.25) is 0 Å². The van der Waals surface area contributed by atoms with Crippen molar-refractivity contribution in [2.75, 3.05) is 26.8 Å². The van der Waals surface area contributed by atoms with E-state index in [1.165, 1.54) is 30.9 Å². The number of carbonyl (C=O) groups excluding carboxylic acids is 1. The van der Waals surface area contributed by atoms with Gasteiger partial charge in [0.15, 0.2) is 11.6 Å². The lowest BCUT2D eigenvalue weighted by atomic mass is 9.76. The van der Waals surface area contributed by atoms with Gasteiger partial charge in [0.1, 0.15) is 11.3 Å². The second-order valence-electron chi connectivity index (χ2n) is 7.07. The number of piperidine rings is 1. The molecule has 1 saturated carbocycles. The molecule has 1 amide bonds. The van der Waals surface area contributed by atoms with Crippen LogP contribution in [0, 0.1) is 23.0 Å². The summed E-state index contributed by atoms with van der Waals surface area (Å²) in [5, 5.41) is 9.89. The van der Waals surface area contributed by atoms with E-state index in [-0.39, 0.29) is 23.3 Å². The molecular formula is C18H23F2NO3. The quantitative estimate of drug-likeness (QED) is 0.897. The van der Waals surface area contributed by atoms with Crippen LogP contribution in [-0.2, 0) is 0 Å². The standard InChI is InChI=1S/C18H23F2NO3/c1-24-14-6-5-13(19)16(20)15(14)17(23)21-8-2-7-18(10-21,11-22)9-12-3-4-12/h5-6,12,22H,2-4,7-11H2,1H3. The lowest BCUT2D eigenvalue weighted by Crippen LogP contribution is -2.48. The Morgan fingerprint density at radius 1 is 1.42 bits per heavy atom. The molecule has 132 valence electrons. The number of likely N-dealkylation sites (tertiary alicyclic amines) is 1. The summed E-state index contributed by atoms with van der Waals surface area (Å²) < 4.78 is 32.8. The molecule has 1 aromatic carbocycles. The molecular weight excluding hydrogens is 316 g/mol. The highest BCUT2D eigenvalue weighted by molar-refractivity contribution is 5.97. The summed E-state index contributed by atoms with van der Waals surface area (Å²) in [6, 6.07) is 2.21. The van der Waals surface area contributed by atoms with E-state index in [1.807, 2.05) is 0 Å². The molecule has 1 atom stereocenters. The van der Waals surface area contributed by atoms with Crippen LogP contribution in [0.3, 0.4) is 0 Å². The highest BCUT2D eigenvalue weighted by Gasteiger charge is 2.41. The van der Waals surface area contributed by atoms with Crippen LogP contribution in [0.4, 0.5) is 8.78 Å². The Hall–Kier alpha value is -1.69. The van der Waals surface area contributed by atoms with Crippen molar-refractivity contribution in [3.05, 3.63) is 29.3 Å². The van der Waals surface area contributed by atoms with Gasteiger partial charge < -0.3 is 14.7 Å². The number of hydrogen-bond acceptors (Lipinski definition) is 3. The predicted octanol–water partition coefficient (Wildman–Crippen LogP) is 2.99. The zero-order valence-corrected chi connectivity index (χ0v) is 13.9. The van der Waals surface area contributed by atoms with Gasteiger partial charge in [-0.1, -0.05) is 12.8 Å². The van der Waals surface area contributed by atoms with Crippen molar-refractivity contribution >= 4 is 5.91 Å². The molecule has 1 aromatic rings. The molecule has 1 N–H and O–H groups in total. The van der Waals surface area contributed by atoms with Crippen molar-refractivity contribution < 1.29 is 23.4 Å². The van der Waals surface area contributed by atoms with E-state index in [4.69, 9.17) is 4.74 Å². The van der Waals surface area contributed by atoms with Crippen LogP contribution in [0.1, 0.15) is 42.5 Å². The Morgan fingerprint density at radius 3 is 2.79 bits per heavy atom. The number of ether oxygens (including phenoxy) is 1. The van der Waals surface area contributed by atoms with E-state index in [0.717, 1.165) is 25.3 Å². The Balaban J connectivity index is 1.85. The van der Waals surface area contributed by atoms with Gasteiger partial charge >= 0.3 is 0 Å². The van der Waals surface area contributed by atoms with Crippen LogP contribution >= 0.6 is 0 Å². The summed E-state index contributed by atoms with van der Waals surface area (Å²) in [6.45, 7) is 0.859. The van der Waals surface area contributed by atoms with Gasteiger partial charge in [-0.15, -0.1) is 0 Å². The summed E-state index contributed by atoms with van der Waals surface area (Å²) in [5.74, 6) is -2.17. The summed E-state index contributed by atoms with van der Waals surface area (Å²) in [6.07, 6.45) is 4.82. The molecule has 0 radical (unpaired) electrons. The first-order valence-electron chi connectivity index (χ1n) is 8.42. The Kier molecular flexibility index (Phi) is 4.76. The largest absolute Gasteiger partial charge is 0.496 e. The molecule has 3 rings (SSSR count). The van der Waals surface area contributed by atoms with Crippen molar-refractivity contribution in [2.45, 2.75) is 32.1 Å². The number of carbonyl (C=O) groups is 1. The average Bonchev–Trinajstić information content (AvgIpc) is 3.40. The fraction of sp³-hybridized carbons (Fsp3) is 0.611. The van der Waals surface area contributed by atoms with Gasteiger partial charge in [-0.05, 0) is 37.3 Å². The number of aliphatic hydroxyl groups excluding tert-OH is 1. The zero-order valence-electron chi connectivity index (χ0n) is 13.9. The number of benzene rings is 1. The molecule has 1 unspecified atom stereocenters. The van der Waals surface area contributed by atoms with Crippen molar-refractivity contribution in [1.29, 1.82) is 0 Å². The average molecular weight is 339 g/mol. The number of methoxy groups -OCH3 is 1. The van der Waals surface area contributed by atoms with Crippen LogP contribution in [0.15, 0.2) is 12.1 Å². The second kappa shape index (κ2) is 6.67. The molecule has 6 heteroatoms. The number of aliphatic hydroxyl groups is 1. The minimum atomic E-state index is -1.18. The molecule has 2 fully saturated rings. The van der Waals surface area contributed by atoms with Gasteiger partial charge in [0.25, 0.3) is 5.91 Å². The van der Waals surface area contributed by atoms with Gasteiger partial charge in [0, 0.05) is 18.5 Å². The third-order valence-corrected chi connectivity index (χ3v) is 5.19. The van der Waals surface area contributed by atoms with E-state index < -0.39 is 17.5 Å². The molecule has 0 aromatic heterocycles. The SMILES string of the molecule is COc1ccc(F)c(F)c1C(=O)N1CCCC(CO)(CC2CC2)C1. The Bertz CT molecular complexity index is 633. The summed E-state index contributed by atoms with van der Waals surface area (Å²) in [5.41, 5.74) is -0.691. The van der Waals surface area contributed by atoms with Gasteiger partial charge in [-0.25, -0.2) is 8.78 Å². The lowest BCUT2D eigenvalue weighted by Gasteiger charge is -2.42. The van der Waals surface area contributed by atoms with Crippen LogP contribution in [0.25, 0.3) is 0 Å². The number of hydrogen-bond donors (Lipinski definition) is 1. The van der Waals surface area contributed by atoms with Crippen LogP contribution in [0.5, 0.6) is 5.75 Å². The summed E-state index contributed by atoms with van der Waals surface area (Å²) in [4.78, 5) is 14.3. The van der Waals surface area contributed by atoms with Crippen LogP contribution < -0.4 is 4.74 Å². The number of rotatable bonds is 5. The minimum absolute atomic E-state index is 0.00997. The molecule has 4 nitrogen and oxygen atoms in total. The number of halogens is 2. The second-order valence-corrected chi connectivity index (χ2v) is 7.07. The normalized spacial score (nSPS) is 24.1. The highest BCUT2D eigenvalue weighted by atomic mass is 19.2. The third kappa shape index (κ3) is 3.24. The van der Waals surface area contributed by atoms with Crippen molar-refractivity contribution in [1.82, 2.24) is 4.90 Å². The topological polar surface area (TPSA) is 49.8 Å². The number of amides is 1. The van der Waals surface area contributed by atoms with E-state index in [2.05, 4.69) is 0 Å². The van der Waals surface area contributed by atoms with Crippen molar-refractivity contribution in [3.8, 4) is 5.75 Å². The first kappa shape index (κ1) is 17.1. The lowest BCUT2D eigenvalue weighted by molar-refractivity contribution is 0.0191. The maximum atomic E-state index is 14.2. The molecule has 0 spiro atoms. The van der Waals surface area contributed by atoms with E-state index in [1.54, 1.807) is 0 Å². The third-order valence-electron chi connectivity index (χ3n) is 5.19. The Morgan fingerprint density at radius 2 is 2.17 bits per heavy atom. The van der Waals surface area contributed by atoms with Gasteiger partial charge in [-0.2, -0.15) is 0 Å². The molecule has 1 aliphatic carbocycles. The summed E-state index contributed by atoms with van der Waals surface area (Å²) >= 11 is 0. The first-order chi connectivity index (χ1) is 11.5. The fourth-order valence-electron chi connectivity index (χ4n) is 3.74. The van der Waals surface area contributed by atoms with Crippen LogP contribution in [0.2, 0.25) is 0 Å². The monoisotopic (exact) mass is 339 g/mol. The minimum Gasteiger partial charge on any atom is -0.496 e. The highest BCUT2D eigenvalue weighted by Crippen LogP contribution is 2.44. The molecule has 1 aliphatic heterocycles. The van der Waals surface area contributed by atoms with E-state index in [0.29, 0.717) is 19.0 Å². The first-order valence-corrected chi connectivity index (χ1v) is 8.42. The molecule has 2 aliphatic rings. The fourth-order valence-corrected chi connectivity index (χ4v) is 3.74. The smallest absolute Gasteiger partial charge is 0.260 e.